The van der Waals surface area contributed by atoms with Crippen molar-refractivity contribution < 1.29 is 13.0 Å². The Morgan fingerprint density at radius 2 is 1.56 bits per heavy atom. The van der Waals surface area contributed by atoms with Gasteiger partial charge in [0.05, 0.1) is 4.90 Å². The molecule has 0 fully saturated rings. The number of hydrogen-bond acceptors (Lipinski definition) is 3. The molecule has 18 heavy (non-hydrogen) atoms. The first-order valence-corrected chi connectivity index (χ1v) is 7.54. The fourth-order valence-electron chi connectivity index (χ4n) is 1.76. The Bertz CT molecular complexity index is 426. The van der Waals surface area contributed by atoms with E-state index in [9.17, 15) is 8.42 Å². The average molecular weight is 273 g/mol. The molecule has 0 saturated heterocycles. The summed E-state index contributed by atoms with van der Waals surface area (Å²) >= 11 is 0. The minimum Gasteiger partial charge on any atom is -0.344 e. The van der Waals surface area contributed by atoms with Crippen molar-refractivity contribution in [2.75, 3.05) is 0 Å². The summed E-state index contributed by atoms with van der Waals surface area (Å²) in [6, 6.07) is 6.44. The van der Waals surface area contributed by atoms with Crippen LogP contribution >= 0.6 is 0 Å². The van der Waals surface area contributed by atoms with Crippen LogP contribution in [0, 0.1) is 0 Å². The molecule has 0 atom stereocenters. The molecule has 0 amide bonds. The number of benzene rings is 1. The van der Waals surface area contributed by atoms with Crippen LogP contribution in [0.2, 0.25) is 0 Å². The summed E-state index contributed by atoms with van der Waals surface area (Å²) in [5.41, 5.74) is 1.12. The van der Waals surface area contributed by atoms with Crippen molar-refractivity contribution in [1.82, 2.24) is 6.15 Å². The number of rotatable bonds is 7. The Hall–Kier alpha value is -0.910. The fourth-order valence-corrected chi connectivity index (χ4v) is 2.24. The van der Waals surface area contributed by atoms with E-state index in [-0.39, 0.29) is 11.0 Å². The summed E-state index contributed by atoms with van der Waals surface area (Å²) in [6.45, 7) is 2.19. The van der Waals surface area contributed by atoms with Crippen LogP contribution in [0.5, 0.6) is 0 Å². The van der Waals surface area contributed by atoms with Gasteiger partial charge in [0.1, 0.15) is 0 Å². The van der Waals surface area contributed by atoms with E-state index < -0.39 is 10.1 Å². The zero-order chi connectivity index (χ0) is 12.7. The topological polar surface area (TPSA) is 89.4 Å². The number of hydrogen-bond donors (Lipinski definition) is 2. The van der Waals surface area contributed by atoms with Gasteiger partial charge in [-0.1, -0.05) is 44.7 Å². The fraction of sp³-hybridized carbons (Fsp3) is 0.538. The van der Waals surface area contributed by atoms with Crippen LogP contribution in [0.25, 0.3) is 0 Å². The number of unbranched alkanes of at least 4 members (excludes halogenated alkanes) is 4. The number of aryl methyl sites for hydroxylation is 1. The van der Waals surface area contributed by atoms with Crippen LogP contribution in [-0.2, 0) is 16.5 Å². The van der Waals surface area contributed by atoms with Crippen molar-refractivity contribution in [3.63, 3.8) is 0 Å². The van der Waals surface area contributed by atoms with Gasteiger partial charge in [-0.3, -0.25) is 4.55 Å². The lowest BCUT2D eigenvalue weighted by molar-refractivity contribution is 0.483. The van der Waals surface area contributed by atoms with Crippen LogP contribution in [0.15, 0.2) is 29.2 Å². The van der Waals surface area contributed by atoms with Crippen LogP contribution < -0.4 is 6.15 Å². The third-order valence-electron chi connectivity index (χ3n) is 2.79. The molecule has 4 nitrogen and oxygen atoms in total. The van der Waals surface area contributed by atoms with E-state index in [4.69, 9.17) is 4.55 Å². The summed E-state index contributed by atoms with van der Waals surface area (Å²) in [6.07, 6.45) is 7.10. The van der Waals surface area contributed by atoms with Crippen molar-refractivity contribution in [2.24, 2.45) is 0 Å². The molecule has 0 radical (unpaired) electrons. The lowest BCUT2D eigenvalue weighted by Crippen LogP contribution is -1.97. The smallest absolute Gasteiger partial charge is 0.294 e. The van der Waals surface area contributed by atoms with Gasteiger partial charge in [0.2, 0.25) is 0 Å². The molecule has 0 saturated carbocycles. The molecule has 0 aromatic heterocycles. The van der Waals surface area contributed by atoms with Crippen LogP contribution in [0.4, 0.5) is 0 Å². The third-order valence-corrected chi connectivity index (χ3v) is 3.66. The zero-order valence-electron chi connectivity index (χ0n) is 10.9. The lowest BCUT2D eigenvalue weighted by Gasteiger charge is -2.02. The molecule has 104 valence electrons. The molecule has 0 aliphatic carbocycles. The van der Waals surface area contributed by atoms with Crippen molar-refractivity contribution in [1.29, 1.82) is 0 Å². The highest BCUT2D eigenvalue weighted by Gasteiger charge is 2.07. The van der Waals surface area contributed by atoms with Crippen molar-refractivity contribution in [2.45, 2.75) is 50.3 Å². The van der Waals surface area contributed by atoms with E-state index in [0.29, 0.717) is 0 Å². The van der Waals surface area contributed by atoms with E-state index >= 15 is 0 Å². The van der Waals surface area contributed by atoms with Crippen LogP contribution in [0.1, 0.15) is 44.6 Å². The molecule has 1 aromatic carbocycles. The van der Waals surface area contributed by atoms with E-state index in [2.05, 4.69) is 6.92 Å². The van der Waals surface area contributed by atoms with Gasteiger partial charge in [-0.15, -0.1) is 0 Å². The zero-order valence-corrected chi connectivity index (χ0v) is 11.7. The van der Waals surface area contributed by atoms with Crippen LogP contribution in [0.3, 0.4) is 0 Å². The highest BCUT2D eigenvalue weighted by atomic mass is 32.2. The summed E-state index contributed by atoms with van der Waals surface area (Å²) in [4.78, 5) is -0.0350. The van der Waals surface area contributed by atoms with Gasteiger partial charge in [-0.25, -0.2) is 0 Å². The molecule has 5 heteroatoms. The second-order valence-corrected chi connectivity index (χ2v) is 5.70. The quantitative estimate of drug-likeness (QED) is 0.586. The Morgan fingerprint density at radius 1 is 1.00 bits per heavy atom. The molecule has 0 heterocycles. The van der Waals surface area contributed by atoms with E-state index in [1.54, 1.807) is 12.1 Å². The van der Waals surface area contributed by atoms with Gasteiger partial charge in [0.25, 0.3) is 10.1 Å². The highest BCUT2D eigenvalue weighted by molar-refractivity contribution is 7.85. The SMILES string of the molecule is CCCCCCCc1ccc(S(=O)(=O)O)cc1.N. The van der Waals surface area contributed by atoms with Gasteiger partial charge in [0, 0.05) is 0 Å². The summed E-state index contributed by atoms with van der Waals surface area (Å²) < 4.78 is 30.5. The largest absolute Gasteiger partial charge is 0.344 e. The normalized spacial score (nSPS) is 11.0. The monoisotopic (exact) mass is 273 g/mol. The van der Waals surface area contributed by atoms with E-state index in [1.807, 2.05) is 0 Å². The van der Waals surface area contributed by atoms with Gasteiger partial charge in [-0.05, 0) is 30.5 Å². The maximum absolute atomic E-state index is 10.8. The van der Waals surface area contributed by atoms with E-state index in [1.165, 1.54) is 37.8 Å². The molecule has 0 aliphatic heterocycles. The molecule has 0 bridgehead atoms. The Labute approximate surface area is 110 Å². The first-order valence-electron chi connectivity index (χ1n) is 6.10. The molecule has 4 N–H and O–H groups in total. The van der Waals surface area contributed by atoms with Crippen molar-refractivity contribution in [3.05, 3.63) is 29.8 Å². The summed E-state index contributed by atoms with van der Waals surface area (Å²) in [5.74, 6) is 0. The molecule has 0 unspecified atom stereocenters. The Balaban J connectivity index is 0.00000289. The molecular weight excluding hydrogens is 250 g/mol. The van der Waals surface area contributed by atoms with Gasteiger partial charge >= 0.3 is 0 Å². The van der Waals surface area contributed by atoms with E-state index in [0.717, 1.165) is 18.4 Å². The first-order chi connectivity index (χ1) is 8.04. The second kappa shape index (κ2) is 8.24. The minimum absolute atomic E-state index is 0. The molecule has 1 rings (SSSR count). The molecular formula is C13H23NO3S. The van der Waals surface area contributed by atoms with Crippen molar-refractivity contribution in [3.8, 4) is 0 Å². The summed E-state index contributed by atoms with van der Waals surface area (Å²) in [7, 11) is -4.05. The third kappa shape index (κ3) is 6.14. The lowest BCUT2D eigenvalue weighted by atomic mass is 10.1. The maximum Gasteiger partial charge on any atom is 0.294 e. The maximum atomic E-state index is 10.8. The second-order valence-electron chi connectivity index (χ2n) is 4.28. The molecule has 0 spiro atoms. The van der Waals surface area contributed by atoms with Gasteiger partial charge in [-0.2, -0.15) is 8.42 Å². The summed E-state index contributed by atoms with van der Waals surface area (Å²) in [5, 5.41) is 0. The van der Waals surface area contributed by atoms with Crippen LogP contribution in [-0.4, -0.2) is 13.0 Å². The highest BCUT2D eigenvalue weighted by Crippen LogP contribution is 2.13. The molecule has 0 aliphatic rings. The predicted octanol–water partition coefficient (Wildman–Crippen LogP) is 3.61. The Morgan fingerprint density at radius 3 is 2.06 bits per heavy atom. The molecule has 1 aromatic rings. The average Bonchev–Trinajstić information content (AvgIpc) is 2.28. The predicted molar refractivity (Wildman–Crippen MR) is 73.7 cm³/mol. The minimum atomic E-state index is -4.05. The Kier molecular flexibility index (Phi) is 7.82. The van der Waals surface area contributed by atoms with Crippen molar-refractivity contribution >= 4 is 10.1 Å². The van der Waals surface area contributed by atoms with Gasteiger partial charge in [0.15, 0.2) is 0 Å². The first kappa shape index (κ1) is 17.1. The standard InChI is InChI=1S/C13H20O3S.H3N/c1-2-3-4-5-6-7-12-8-10-13(11-9-12)17(14,15)16;/h8-11H,2-7H2,1H3,(H,14,15,16);1H3. The van der Waals surface area contributed by atoms with Gasteiger partial charge < -0.3 is 6.15 Å².